The molecular weight excluding hydrogens is 412 g/mol. The van der Waals surface area contributed by atoms with Gasteiger partial charge in [0.2, 0.25) is 5.91 Å². The molecule has 2 fully saturated rings. The van der Waals surface area contributed by atoms with Crippen LogP contribution in [0.1, 0.15) is 52.3 Å². The number of nitrogens with zero attached hydrogens (tertiary/aromatic N) is 2. The normalized spacial score (nSPS) is 24.4. The van der Waals surface area contributed by atoms with E-state index in [2.05, 4.69) is 20.5 Å². The van der Waals surface area contributed by atoms with E-state index in [0.29, 0.717) is 11.6 Å². The van der Waals surface area contributed by atoms with Crippen LogP contribution in [0.15, 0.2) is 29.6 Å². The number of hydrogen-bond donors (Lipinski definition) is 3. The highest BCUT2D eigenvalue weighted by molar-refractivity contribution is 7.09. The molecule has 1 aliphatic carbocycles. The largest absolute Gasteiger partial charge is 0.383 e. The molecule has 166 valence electrons. The molecule has 0 bridgehead atoms. The molecule has 2 aromatic rings. The maximum atomic E-state index is 12.2. The molecule has 2 heterocycles. The molecule has 1 aromatic carbocycles. The Bertz CT molecular complexity index is 946. The smallest absolute Gasteiger partial charge is 0.251 e. The fourth-order valence-electron chi connectivity index (χ4n) is 4.46. The van der Waals surface area contributed by atoms with E-state index in [-0.39, 0.29) is 24.4 Å². The number of aliphatic hydroxyl groups is 1. The van der Waals surface area contributed by atoms with Crippen LogP contribution < -0.4 is 10.6 Å². The molecule has 8 heteroatoms. The minimum Gasteiger partial charge on any atom is -0.383 e. The summed E-state index contributed by atoms with van der Waals surface area (Å²) >= 11 is 1.55. The van der Waals surface area contributed by atoms with Gasteiger partial charge in [-0.15, -0.1) is 11.3 Å². The molecule has 0 unspecified atom stereocenters. The molecule has 0 spiro atoms. The highest BCUT2D eigenvalue weighted by Gasteiger charge is 2.41. The van der Waals surface area contributed by atoms with Crippen LogP contribution in [0.3, 0.4) is 0 Å². The predicted molar refractivity (Wildman–Crippen MR) is 120 cm³/mol. The van der Waals surface area contributed by atoms with Crippen LogP contribution >= 0.6 is 11.3 Å². The molecular formula is C23H30N4O3S. The third-order valence-electron chi connectivity index (χ3n) is 6.28. The summed E-state index contributed by atoms with van der Waals surface area (Å²) in [4.78, 5) is 31.2. The van der Waals surface area contributed by atoms with Gasteiger partial charge < -0.3 is 15.7 Å². The number of thiazole rings is 1. The van der Waals surface area contributed by atoms with Crippen LogP contribution in [0.5, 0.6) is 0 Å². The average molecular weight is 443 g/mol. The third kappa shape index (κ3) is 5.14. The van der Waals surface area contributed by atoms with E-state index in [1.807, 2.05) is 31.4 Å². The van der Waals surface area contributed by atoms with Crippen molar-refractivity contribution in [2.24, 2.45) is 0 Å². The second-order valence-corrected chi connectivity index (χ2v) is 9.69. The number of aryl methyl sites for hydroxylation is 2. The van der Waals surface area contributed by atoms with Crippen molar-refractivity contribution in [1.82, 2.24) is 20.5 Å². The standard InChI is InChI=1S/C23H30N4O3S/c1-15-4-3-5-17(10-15)21(29)24-11-20(28)26-18-12-27(13-18)19-6-8-23(30,9-7-19)22-25-16(2)14-31-22/h3-5,10,14,18-19,30H,6-9,11-13H2,1-2H3,(H,24,29)(H,26,28). The van der Waals surface area contributed by atoms with E-state index >= 15 is 0 Å². The molecule has 2 aliphatic rings. The Morgan fingerprint density at radius 1 is 1.26 bits per heavy atom. The summed E-state index contributed by atoms with van der Waals surface area (Å²) < 4.78 is 0. The third-order valence-corrected chi connectivity index (χ3v) is 7.43. The van der Waals surface area contributed by atoms with Crippen molar-refractivity contribution in [3.05, 3.63) is 51.5 Å². The lowest BCUT2D eigenvalue weighted by Crippen LogP contribution is -2.63. The zero-order valence-electron chi connectivity index (χ0n) is 18.1. The maximum Gasteiger partial charge on any atom is 0.251 e. The van der Waals surface area contributed by atoms with E-state index in [4.69, 9.17) is 0 Å². The van der Waals surface area contributed by atoms with Gasteiger partial charge in [0.05, 0.1) is 12.6 Å². The molecule has 1 aromatic heterocycles. The van der Waals surface area contributed by atoms with Gasteiger partial charge in [-0.3, -0.25) is 14.5 Å². The fourth-order valence-corrected chi connectivity index (χ4v) is 5.41. The van der Waals surface area contributed by atoms with E-state index in [9.17, 15) is 14.7 Å². The van der Waals surface area contributed by atoms with Crippen molar-refractivity contribution in [1.29, 1.82) is 0 Å². The molecule has 7 nitrogen and oxygen atoms in total. The number of carbonyl (C=O) groups excluding carboxylic acids is 2. The Kier molecular flexibility index (Phi) is 6.41. The van der Waals surface area contributed by atoms with Gasteiger partial charge in [-0.25, -0.2) is 4.98 Å². The van der Waals surface area contributed by atoms with E-state index in [1.54, 1.807) is 23.5 Å². The van der Waals surface area contributed by atoms with Gasteiger partial charge in [0.1, 0.15) is 10.6 Å². The summed E-state index contributed by atoms with van der Waals surface area (Å²) in [5.74, 6) is -0.401. The molecule has 0 radical (unpaired) electrons. The first-order chi connectivity index (χ1) is 14.8. The first-order valence-corrected chi connectivity index (χ1v) is 11.7. The number of nitrogens with one attached hydrogen (secondary N) is 2. The number of likely N-dealkylation sites (tertiary alicyclic amines) is 1. The molecule has 31 heavy (non-hydrogen) atoms. The Labute approximate surface area is 186 Å². The molecule has 1 saturated carbocycles. The first-order valence-electron chi connectivity index (χ1n) is 10.9. The van der Waals surface area contributed by atoms with Gasteiger partial charge >= 0.3 is 0 Å². The Hall–Kier alpha value is -2.29. The van der Waals surface area contributed by atoms with Gasteiger partial charge in [-0.05, 0) is 51.7 Å². The summed E-state index contributed by atoms with van der Waals surface area (Å²) in [6.45, 7) is 5.50. The van der Waals surface area contributed by atoms with Gasteiger partial charge in [0.25, 0.3) is 5.91 Å². The van der Waals surface area contributed by atoms with Crippen LogP contribution in [0.4, 0.5) is 0 Å². The lowest BCUT2D eigenvalue weighted by Gasteiger charge is -2.47. The SMILES string of the molecule is Cc1cccc(C(=O)NCC(=O)NC2CN(C3CCC(O)(c4nc(C)cs4)CC3)C2)c1. The van der Waals surface area contributed by atoms with Gasteiger partial charge in [-0.1, -0.05) is 17.7 Å². The number of benzene rings is 1. The van der Waals surface area contributed by atoms with Gasteiger partial charge in [0, 0.05) is 35.8 Å². The lowest BCUT2D eigenvalue weighted by atomic mass is 9.81. The van der Waals surface area contributed by atoms with Crippen LogP contribution in [-0.2, 0) is 10.4 Å². The van der Waals surface area contributed by atoms with Crippen LogP contribution in [-0.4, -0.2) is 58.5 Å². The summed E-state index contributed by atoms with van der Waals surface area (Å²) in [6.07, 6.45) is 3.32. The number of carbonyl (C=O) groups is 2. The summed E-state index contributed by atoms with van der Waals surface area (Å²) in [5.41, 5.74) is 1.75. The Morgan fingerprint density at radius 2 is 2.00 bits per heavy atom. The van der Waals surface area contributed by atoms with Crippen molar-refractivity contribution in [2.45, 2.75) is 57.2 Å². The van der Waals surface area contributed by atoms with E-state index in [0.717, 1.165) is 55.0 Å². The highest BCUT2D eigenvalue weighted by atomic mass is 32.1. The molecule has 4 rings (SSSR count). The average Bonchev–Trinajstić information content (AvgIpc) is 3.17. The minimum atomic E-state index is -0.788. The number of hydrogen-bond acceptors (Lipinski definition) is 6. The Balaban J connectivity index is 1.16. The lowest BCUT2D eigenvalue weighted by molar-refractivity contribution is -0.122. The quantitative estimate of drug-likeness (QED) is 0.637. The van der Waals surface area contributed by atoms with Crippen molar-refractivity contribution >= 4 is 23.2 Å². The topological polar surface area (TPSA) is 94.6 Å². The van der Waals surface area contributed by atoms with Crippen molar-refractivity contribution in [3.63, 3.8) is 0 Å². The van der Waals surface area contributed by atoms with Crippen molar-refractivity contribution in [2.75, 3.05) is 19.6 Å². The molecule has 3 N–H and O–H groups in total. The Morgan fingerprint density at radius 3 is 2.65 bits per heavy atom. The summed E-state index contributed by atoms with van der Waals surface area (Å²) in [5, 5.41) is 19.5. The summed E-state index contributed by atoms with van der Waals surface area (Å²) in [6, 6.07) is 7.86. The number of amides is 2. The second kappa shape index (κ2) is 9.06. The maximum absolute atomic E-state index is 12.2. The van der Waals surface area contributed by atoms with Crippen molar-refractivity contribution < 1.29 is 14.7 Å². The second-order valence-electron chi connectivity index (χ2n) is 8.83. The number of rotatable bonds is 6. The van der Waals surface area contributed by atoms with Crippen molar-refractivity contribution in [3.8, 4) is 0 Å². The van der Waals surface area contributed by atoms with Gasteiger partial charge in [-0.2, -0.15) is 0 Å². The zero-order chi connectivity index (χ0) is 22.0. The minimum absolute atomic E-state index is 0.0209. The van der Waals surface area contributed by atoms with Crippen LogP contribution in [0, 0.1) is 13.8 Å². The fraction of sp³-hybridized carbons (Fsp3) is 0.522. The highest BCUT2D eigenvalue weighted by Crippen LogP contribution is 2.40. The number of aromatic nitrogens is 1. The first kappa shape index (κ1) is 21.9. The van der Waals surface area contributed by atoms with Gasteiger partial charge in [0.15, 0.2) is 0 Å². The van der Waals surface area contributed by atoms with Crippen LogP contribution in [0.25, 0.3) is 0 Å². The predicted octanol–water partition coefficient (Wildman–Crippen LogP) is 2.12. The van der Waals surface area contributed by atoms with Crippen LogP contribution in [0.2, 0.25) is 0 Å². The van der Waals surface area contributed by atoms with E-state index in [1.165, 1.54) is 0 Å². The zero-order valence-corrected chi connectivity index (χ0v) is 18.9. The molecule has 2 amide bonds. The monoisotopic (exact) mass is 442 g/mol. The summed E-state index contributed by atoms with van der Waals surface area (Å²) in [7, 11) is 0. The molecule has 0 atom stereocenters. The van der Waals surface area contributed by atoms with E-state index < -0.39 is 5.60 Å². The molecule has 1 aliphatic heterocycles. The molecule has 1 saturated heterocycles.